The molecular formula is C20H19ClFN3O3. The van der Waals surface area contributed by atoms with Gasteiger partial charge in [-0.15, -0.1) is 0 Å². The van der Waals surface area contributed by atoms with E-state index in [1.54, 1.807) is 25.1 Å². The first-order valence-electron chi connectivity index (χ1n) is 8.68. The maximum Gasteiger partial charge on any atom is 0.227 e. The van der Waals surface area contributed by atoms with Crippen LogP contribution in [0.3, 0.4) is 0 Å². The third kappa shape index (κ3) is 4.67. The van der Waals surface area contributed by atoms with Gasteiger partial charge in [0.05, 0.1) is 18.2 Å². The molecule has 8 heteroatoms. The molecule has 3 rings (SSSR count). The molecule has 1 N–H and O–H groups in total. The smallest absolute Gasteiger partial charge is 0.227 e. The number of benzene rings is 2. The first-order chi connectivity index (χ1) is 13.5. The molecule has 1 atom stereocenters. The number of halogens is 2. The SMILES string of the molecule is COc1ccc([C@H](C)NC(=O)CCc2nc(-c3ccccc3Cl)no2)cc1F. The van der Waals surface area contributed by atoms with Crippen LogP contribution in [-0.4, -0.2) is 23.2 Å². The maximum absolute atomic E-state index is 13.8. The van der Waals surface area contributed by atoms with Crippen LogP contribution in [0.4, 0.5) is 4.39 Å². The molecule has 0 fully saturated rings. The molecule has 0 spiro atoms. The minimum atomic E-state index is -0.473. The average Bonchev–Trinajstić information content (AvgIpc) is 3.15. The van der Waals surface area contributed by atoms with Crippen molar-refractivity contribution >= 4 is 17.5 Å². The number of aromatic nitrogens is 2. The molecular weight excluding hydrogens is 385 g/mol. The summed E-state index contributed by atoms with van der Waals surface area (Å²) in [6, 6.07) is 11.4. The molecule has 0 aliphatic heterocycles. The third-order valence-electron chi connectivity index (χ3n) is 4.20. The van der Waals surface area contributed by atoms with Gasteiger partial charge in [0.15, 0.2) is 11.6 Å². The van der Waals surface area contributed by atoms with Crippen molar-refractivity contribution in [3.63, 3.8) is 0 Å². The molecule has 0 unspecified atom stereocenters. The second-order valence-corrected chi connectivity index (χ2v) is 6.58. The molecule has 0 aliphatic carbocycles. The van der Waals surface area contributed by atoms with Gasteiger partial charge >= 0.3 is 0 Å². The van der Waals surface area contributed by atoms with Gasteiger partial charge in [0.25, 0.3) is 0 Å². The van der Waals surface area contributed by atoms with Crippen LogP contribution in [0.1, 0.15) is 30.8 Å². The molecule has 0 saturated carbocycles. The lowest BCUT2D eigenvalue weighted by atomic mass is 10.1. The zero-order valence-corrected chi connectivity index (χ0v) is 16.2. The lowest BCUT2D eigenvalue weighted by molar-refractivity contribution is -0.121. The van der Waals surface area contributed by atoms with E-state index >= 15 is 0 Å². The number of methoxy groups -OCH3 is 1. The largest absolute Gasteiger partial charge is 0.494 e. The number of carbonyl (C=O) groups is 1. The number of hydrogen-bond acceptors (Lipinski definition) is 5. The summed E-state index contributed by atoms with van der Waals surface area (Å²) in [4.78, 5) is 16.5. The van der Waals surface area contributed by atoms with Crippen molar-refractivity contribution in [1.82, 2.24) is 15.5 Å². The second-order valence-electron chi connectivity index (χ2n) is 6.17. The van der Waals surface area contributed by atoms with Gasteiger partial charge in [-0.3, -0.25) is 4.79 Å². The van der Waals surface area contributed by atoms with Crippen molar-refractivity contribution < 1.29 is 18.4 Å². The molecule has 2 aromatic carbocycles. The van der Waals surface area contributed by atoms with Gasteiger partial charge in [-0.1, -0.05) is 35.0 Å². The van der Waals surface area contributed by atoms with Gasteiger partial charge in [-0.05, 0) is 36.8 Å². The van der Waals surface area contributed by atoms with Crippen LogP contribution in [0.5, 0.6) is 5.75 Å². The third-order valence-corrected chi connectivity index (χ3v) is 4.53. The first-order valence-corrected chi connectivity index (χ1v) is 9.06. The van der Waals surface area contributed by atoms with E-state index in [-0.39, 0.29) is 30.5 Å². The number of aryl methyl sites for hydroxylation is 1. The summed E-state index contributed by atoms with van der Waals surface area (Å²) in [6.45, 7) is 1.78. The summed E-state index contributed by atoms with van der Waals surface area (Å²) in [5.74, 6) is 0.199. The zero-order chi connectivity index (χ0) is 20.1. The van der Waals surface area contributed by atoms with Gasteiger partial charge in [-0.2, -0.15) is 4.98 Å². The van der Waals surface area contributed by atoms with Crippen molar-refractivity contribution in [1.29, 1.82) is 0 Å². The fourth-order valence-electron chi connectivity index (χ4n) is 2.68. The molecule has 28 heavy (non-hydrogen) atoms. The predicted octanol–water partition coefficient (Wildman–Crippen LogP) is 4.35. The molecule has 1 amide bonds. The highest BCUT2D eigenvalue weighted by molar-refractivity contribution is 6.33. The van der Waals surface area contributed by atoms with E-state index in [0.717, 1.165) is 0 Å². The number of nitrogens with zero attached hydrogens (tertiary/aromatic N) is 2. The lowest BCUT2D eigenvalue weighted by Crippen LogP contribution is -2.26. The van der Waals surface area contributed by atoms with Crippen LogP contribution in [-0.2, 0) is 11.2 Å². The minimum absolute atomic E-state index is 0.160. The zero-order valence-electron chi connectivity index (χ0n) is 15.4. The van der Waals surface area contributed by atoms with Crippen molar-refractivity contribution in [2.45, 2.75) is 25.8 Å². The Morgan fingerprint density at radius 1 is 1.32 bits per heavy atom. The summed E-state index contributed by atoms with van der Waals surface area (Å²) in [5, 5.41) is 7.25. The Bertz CT molecular complexity index is 977. The van der Waals surface area contributed by atoms with Crippen molar-refractivity contribution in [3.8, 4) is 17.1 Å². The van der Waals surface area contributed by atoms with Gasteiger partial charge in [0.2, 0.25) is 17.6 Å². The van der Waals surface area contributed by atoms with Gasteiger partial charge in [0, 0.05) is 18.4 Å². The molecule has 1 heterocycles. The summed E-state index contributed by atoms with van der Waals surface area (Å²) in [6.07, 6.45) is 0.445. The Labute approximate surface area is 166 Å². The fourth-order valence-corrected chi connectivity index (χ4v) is 2.90. The van der Waals surface area contributed by atoms with E-state index in [1.165, 1.54) is 19.2 Å². The molecule has 146 valence electrons. The van der Waals surface area contributed by atoms with Crippen LogP contribution in [0.2, 0.25) is 5.02 Å². The highest BCUT2D eigenvalue weighted by atomic mass is 35.5. The number of ether oxygens (including phenoxy) is 1. The summed E-state index contributed by atoms with van der Waals surface area (Å²) in [7, 11) is 1.40. The molecule has 3 aromatic rings. The maximum atomic E-state index is 13.8. The lowest BCUT2D eigenvalue weighted by Gasteiger charge is -2.15. The quantitative estimate of drug-likeness (QED) is 0.634. The average molecular weight is 404 g/mol. The van der Waals surface area contributed by atoms with Crippen molar-refractivity contribution in [2.75, 3.05) is 7.11 Å². The van der Waals surface area contributed by atoms with E-state index < -0.39 is 5.82 Å². The molecule has 0 saturated heterocycles. The monoisotopic (exact) mass is 403 g/mol. The Kier molecular flexibility index (Phi) is 6.26. The van der Waals surface area contributed by atoms with Crippen molar-refractivity contribution in [2.24, 2.45) is 0 Å². The van der Waals surface area contributed by atoms with Crippen LogP contribution >= 0.6 is 11.6 Å². The minimum Gasteiger partial charge on any atom is -0.494 e. The first kappa shape index (κ1) is 19.8. The van der Waals surface area contributed by atoms with Gasteiger partial charge in [0.1, 0.15) is 0 Å². The summed E-state index contributed by atoms with van der Waals surface area (Å²) in [5.41, 5.74) is 1.31. The normalized spacial score (nSPS) is 11.9. The standard InChI is InChI=1S/C20H19ClFN3O3/c1-12(13-7-8-17(27-2)16(22)11-13)23-18(26)9-10-19-24-20(25-28-19)14-5-3-4-6-15(14)21/h3-8,11-12H,9-10H2,1-2H3,(H,23,26)/t12-/m0/s1. The Morgan fingerprint density at radius 2 is 2.11 bits per heavy atom. The number of amides is 1. The molecule has 0 radical (unpaired) electrons. The highest BCUT2D eigenvalue weighted by Crippen LogP contribution is 2.25. The summed E-state index contributed by atoms with van der Waals surface area (Å²) >= 11 is 6.12. The Balaban J connectivity index is 1.56. The Morgan fingerprint density at radius 3 is 2.82 bits per heavy atom. The van der Waals surface area contributed by atoms with Crippen molar-refractivity contribution in [3.05, 3.63) is 64.8 Å². The second kappa shape index (κ2) is 8.84. The number of carbonyl (C=O) groups excluding carboxylic acids is 1. The van der Waals surface area contributed by atoms with Gasteiger partial charge < -0.3 is 14.6 Å². The predicted molar refractivity (Wildman–Crippen MR) is 103 cm³/mol. The van der Waals surface area contributed by atoms with E-state index in [2.05, 4.69) is 15.5 Å². The molecule has 1 aromatic heterocycles. The van der Waals surface area contributed by atoms with Crippen LogP contribution in [0.15, 0.2) is 47.0 Å². The molecule has 0 bridgehead atoms. The Hall–Kier alpha value is -2.93. The number of hydrogen-bond donors (Lipinski definition) is 1. The van der Waals surface area contributed by atoms with E-state index in [1.807, 2.05) is 12.1 Å². The number of nitrogens with one attached hydrogen (secondary N) is 1. The van der Waals surface area contributed by atoms with Crippen LogP contribution < -0.4 is 10.1 Å². The van der Waals surface area contributed by atoms with Gasteiger partial charge in [-0.25, -0.2) is 4.39 Å². The molecule has 0 aliphatic rings. The number of rotatable bonds is 7. The molecule has 6 nitrogen and oxygen atoms in total. The van der Waals surface area contributed by atoms with E-state index in [4.69, 9.17) is 20.9 Å². The topological polar surface area (TPSA) is 77.2 Å². The highest BCUT2D eigenvalue weighted by Gasteiger charge is 2.15. The van der Waals surface area contributed by atoms with Crippen LogP contribution in [0.25, 0.3) is 11.4 Å². The van der Waals surface area contributed by atoms with E-state index in [9.17, 15) is 9.18 Å². The van der Waals surface area contributed by atoms with E-state index in [0.29, 0.717) is 27.9 Å². The summed E-state index contributed by atoms with van der Waals surface area (Å²) < 4.78 is 23.9. The van der Waals surface area contributed by atoms with Crippen LogP contribution in [0, 0.1) is 5.82 Å². The fraction of sp³-hybridized carbons (Fsp3) is 0.250.